The normalized spacial score (nSPS) is 16.3. The maximum atomic E-state index is 11.9. The van der Waals surface area contributed by atoms with Gasteiger partial charge >= 0.3 is 0 Å². The van der Waals surface area contributed by atoms with Gasteiger partial charge in [0.15, 0.2) is 5.78 Å². The van der Waals surface area contributed by atoms with Gasteiger partial charge in [-0.2, -0.15) is 0 Å². The fourth-order valence-electron chi connectivity index (χ4n) is 1.49. The van der Waals surface area contributed by atoms with Crippen LogP contribution < -0.4 is 10.6 Å². The number of nitrogens with one attached hydrogen (secondary N) is 2. The van der Waals surface area contributed by atoms with Crippen molar-refractivity contribution >= 4 is 11.7 Å². The highest BCUT2D eigenvalue weighted by Crippen LogP contribution is 2.03. The molecule has 4 heteroatoms. The van der Waals surface area contributed by atoms with Crippen LogP contribution in [0.5, 0.6) is 0 Å². The van der Waals surface area contributed by atoms with E-state index in [1.54, 1.807) is 0 Å². The number of likely N-dealkylation sites (N-methyl/N-ethyl adjacent to an activating group) is 1. The van der Waals surface area contributed by atoms with E-state index < -0.39 is 0 Å². The molecule has 0 saturated heterocycles. The van der Waals surface area contributed by atoms with Crippen molar-refractivity contribution in [2.75, 3.05) is 7.05 Å². The zero-order chi connectivity index (χ0) is 14.1. The summed E-state index contributed by atoms with van der Waals surface area (Å²) in [6.07, 6.45) is 5.39. The van der Waals surface area contributed by atoms with Gasteiger partial charge in [-0.15, -0.1) is 0 Å². The van der Waals surface area contributed by atoms with Crippen molar-refractivity contribution in [1.82, 2.24) is 10.6 Å². The predicted molar refractivity (Wildman–Crippen MR) is 74.3 cm³/mol. The van der Waals surface area contributed by atoms with Gasteiger partial charge in [-0.3, -0.25) is 9.59 Å². The number of hydrogen-bond acceptors (Lipinski definition) is 3. The van der Waals surface area contributed by atoms with Crippen molar-refractivity contribution in [3.05, 3.63) is 12.2 Å². The van der Waals surface area contributed by atoms with Gasteiger partial charge in [-0.1, -0.05) is 32.4 Å². The van der Waals surface area contributed by atoms with Crippen LogP contribution in [0.2, 0.25) is 0 Å². The zero-order valence-electron chi connectivity index (χ0n) is 12.1. The van der Waals surface area contributed by atoms with Crippen LogP contribution in [0.1, 0.15) is 40.5 Å². The first kappa shape index (κ1) is 16.8. The molecule has 0 aromatic rings. The first-order valence-corrected chi connectivity index (χ1v) is 6.58. The van der Waals surface area contributed by atoms with Gasteiger partial charge in [0.25, 0.3) is 0 Å². The monoisotopic (exact) mass is 254 g/mol. The van der Waals surface area contributed by atoms with Crippen LogP contribution in [0.25, 0.3) is 0 Å². The molecule has 0 saturated carbocycles. The highest BCUT2D eigenvalue weighted by molar-refractivity contribution is 5.88. The Labute approximate surface area is 110 Å². The van der Waals surface area contributed by atoms with E-state index in [0.717, 1.165) is 6.42 Å². The van der Waals surface area contributed by atoms with Crippen LogP contribution in [0.4, 0.5) is 0 Å². The summed E-state index contributed by atoms with van der Waals surface area (Å²) in [7, 11) is 1.87. The van der Waals surface area contributed by atoms with Gasteiger partial charge in [-0.05, 0) is 27.3 Å². The number of carbonyl (C=O) groups excluding carboxylic acids is 2. The molecule has 0 heterocycles. The van der Waals surface area contributed by atoms with E-state index in [9.17, 15) is 9.59 Å². The fraction of sp³-hybridized carbons (Fsp3) is 0.714. The minimum Gasteiger partial charge on any atom is -0.346 e. The second-order valence-corrected chi connectivity index (χ2v) is 4.71. The lowest BCUT2D eigenvalue weighted by atomic mass is 10.1. The molecule has 0 rings (SSSR count). The zero-order valence-corrected chi connectivity index (χ0v) is 12.1. The molecular formula is C14H26N2O2. The smallest absolute Gasteiger partial charge is 0.227 e. The molecule has 1 unspecified atom stereocenters. The summed E-state index contributed by atoms with van der Waals surface area (Å²) in [4.78, 5) is 23.3. The van der Waals surface area contributed by atoms with Gasteiger partial charge in [0, 0.05) is 6.04 Å². The molecule has 0 aliphatic carbocycles. The quantitative estimate of drug-likeness (QED) is 0.648. The van der Waals surface area contributed by atoms with E-state index in [1.165, 1.54) is 6.92 Å². The van der Waals surface area contributed by atoms with E-state index in [4.69, 9.17) is 0 Å². The van der Waals surface area contributed by atoms with Gasteiger partial charge in [0.1, 0.15) is 0 Å². The Hall–Kier alpha value is -1.16. The van der Waals surface area contributed by atoms with Crippen molar-refractivity contribution in [3.8, 4) is 0 Å². The minimum atomic E-state index is -0.347. The summed E-state index contributed by atoms with van der Waals surface area (Å²) in [6, 6.07) is -0.112. The van der Waals surface area contributed by atoms with Crippen LogP contribution in [-0.4, -0.2) is 30.8 Å². The average Bonchev–Trinajstić information content (AvgIpc) is 2.34. The molecule has 0 bridgehead atoms. The fourth-order valence-corrected chi connectivity index (χ4v) is 1.49. The molecule has 0 aromatic heterocycles. The molecule has 2 N–H and O–H groups in total. The van der Waals surface area contributed by atoms with E-state index in [1.807, 2.05) is 40.0 Å². The lowest BCUT2D eigenvalue weighted by Gasteiger charge is -2.17. The van der Waals surface area contributed by atoms with Gasteiger partial charge in [0.05, 0.1) is 12.0 Å². The maximum Gasteiger partial charge on any atom is 0.227 e. The summed E-state index contributed by atoms with van der Waals surface area (Å²) >= 11 is 0. The highest BCUT2D eigenvalue weighted by atomic mass is 16.2. The molecule has 4 nitrogen and oxygen atoms in total. The number of ketones is 1. The number of carbonyl (C=O) groups is 2. The van der Waals surface area contributed by atoms with Crippen molar-refractivity contribution in [2.24, 2.45) is 5.92 Å². The molecule has 0 aliphatic heterocycles. The second-order valence-electron chi connectivity index (χ2n) is 4.71. The molecule has 0 aliphatic rings. The molecule has 0 radical (unpaired) electrons. The Morgan fingerprint density at radius 2 is 1.83 bits per heavy atom. The van der Waals surface area contributed by atoms with E-state index in [-0.39, 0.29) is 29.7 Å². The Kier molecular flexibility index (Phi) is 8.29. The summed E-state index contributed by atoms with van der Waals surface area (Å²) < 4.78 is 0. The largest absolute Gasteiger partial charge is 0.346 e. The van der Waals surface area contributed by atoms with Crippen LogP contribution in [0, 0.1) is 5.92 Å². The molecule has 104 valence electrons. The van der Waals surface area contributed by atoms with Crippen LogP contribution in [0.15, 0.2) is 12.2 Å². The van der Waals surface area contributed by atoms with Crippen molar-refractivity contribution in [1.29, 1.82) is 0 Å². The lowest BCUT2D eigenvalue weighted by Crippen LogP contribution is -2.41. The Bertz CT molecular complexity index is 300. The van der Waals surface area contributed by atoms with Crippen LogP contribution in [-0.2, 0) is 9.59 Å². The topological polar surface area (TPSA) is 58.2 Å². The second kappa shape index (κ2) is 8.86. The van der Waals surface area contributed by atoms with E-state index in [0.29, 0.717) is 6.42 Å². The third-order valence-electron chi connectivity index (χ3n) is 2.94. The number of Topliss-reactive ketones (excluding diaryl/α,β-unsaturated/α-hetero) is 1. The third kappa shape index (κ3) is 6.55. The Morgan fingerprint density at radius 1 is 1.22 bits per heavy atom. The Balaban J connectivity index is 4.37. The molecule has 0 fully saturated rings. The molecule has 3 atom stereocenters. The SMILES string of the molecule is CCCC(NC(=O)[C@H](C)/C=C/[C@H](C)NC)C(C)=O. The summed E-state index contributed by atoms with van der Waals surface area (Å²) in [5.41, 5.74) is 0. The molecule has 1 amide bonds. The number of amides is 1. The van der Waals surface area contributed by atoms with Crippen LogP contribution >= 0.6 is 0 Å². The molecule has 18 heavy (non-hydrogen) atoms. The minimum absolute atomic E-state index is 0.0185. The van der Waals surface area contributed by atoms with Crippen molar-refractivity contribution < 1.29 is 9.59 Å². The molecule has 0 spiro atoms. The lowest BCUT2D eigenvalue weighted by molar-refractivity contribution is -0.128. The summed E-state index contributed by atoms with van der Waals surface area (Å²) in [6.45, 7) is 7.36. The predicted octanol–water partition coefficient (Wildman–Crippen LogP) is 1.66. The standard InChI is InChI=1S/C14H26N2O2/c1-6-7-13(12(4)17)16-14(18)10(2)8-9-11(3)15-5/h8-11,13,15H,6-7H2,1-5H3,(H,16,18)/b9-8+/t10-,11+,13?/m1/s1. The number of hydrogen-bond donors (Lipinski definition) is 2. The molecular weight excluding hydrogens is 228 g/mol. The van der Waals surface area contributed by atoms with Gasteiger partial charge in [-0.25, -0.2) is 0 Å². The molecule has 0 aromatic carbocycles. The average molecular weight is 254 g/mol. The van der Waals surface area contributed by atoms with Crippen molar-refractivity contribution in [2.45, 2.75) is 52.6 Å². The van der Waals surface area contributed by atoms with Crippen molar-refractivity contribution in [3.63, 3.8) is 0 Å². The van der Waals surface area contributed by atoms with E-state index in [2.05, 4.69) is 10.6 Å². The first-order valence-electron chi connectivity index (χ1n) is 6.58. The first-order chi connectivity index (χ1) is 8.42. The van der Waals surface area contributed by atoms with Gasteiger partial charge < -0.3 is 10.6 Å². The highest BCUT2D eigenvalue weighted by Gasteiger charge is 2.18. The summed E-state index contributed by atoms with van der Waals surface area (Å²) in [5, 5.41) is 5.86. The third-order valence-corrected chi connectivity index (χ3v) is 2.94. The summed E-state index contributed by atoms with van der Waals surface area (Å²) in [5.74, 6) is -0.298. The maximum absolute atomic E-state index is 11.9. The van der Waals surface area contributed by atoms with Gasteiger partial charge in [0.2, 0.25) is 5.91 Å². The van der Waals surface area contributed by atoms with Crippen LogP contribution in [0.3, 0.4) is 0 Å². The number of rotatable bonds is 8. The van der Waals surface area contributed by atoms with E-state index >= 15 is 0 Å². The Morgan fingerprint density at radius 3 is 2.28 bits per heavy atom.